The molecule has 0 fully saturated rings. The molecule has 0 aromatic carbocycles. The average molecular weight is 254 g/mol. The zero-order chi connectivity index (χ0) is 13.5. The number of H-pyrrole nitrogens is 1. The molecule has 8 heteroatoms. The van der Waals surface area contributed by atoms with Crippen molar-refractivity contribution in [1.29, 1.82) is 0 Å². The highest BCUT2D eigenvalue weighted by Crippen LogP contribution is 2.23. The molecule has 1 N–H and O–H groups in total. The van der Waals surface area contributed by atoms with Crippen LogP contribution >= 0.6 is 0 Å². The highest BCUT2D eigenvalue weighted by Gasteiger charge is 2.34. The number of methoxy groups -OCH3 is 1. The Morgan fingerprint density at radius 1 is 1.50 bits per heavy atom. The van der Waals surface area contributed by atoms with Crippen LogP contribution in [0.5, 0.6) is 0 Å². The summed E-state index contributed by atoms with van der Waals surface area (Å²) in [4.78, 5) is 26.9. The normalized spacial score (nSPS) is 17.9. The topological polar surface area (TPSA) is 97.4 Å². The fourth-order valence-electron chi connectivity index (χ4n) is 1.41. The second-order valence-electron chi connectivity index (χ2n) is 3.40. The van der Waals surface area contributed by atoms with Gasteiger partial charge in [0, 0.05) is 20.3 Å². The molecule has 98 valence electrons. The van der Waals surface area contributed by atoms with Crippen LogP contribution in [0.1, 0.15) is 6.92 Å². The molecule has 2 rings (SSSR count). The van der Waals surface area contributed by atoms with Gasteiger partial charge in [-0.25, -0.2) is 10.00 Å². The lowest BCUT2D eigenvalue weighted by molar-refractivity contribution is -0.132. The first kappa shape index (κ1) is 13.8. The molecule has 8 nitrogen and oxygen atoms in total. The minimum atomic E-state index is -0.733. The van der Waals surface area contributed by atoms with Crippen molar-refractivity contribution in [1.82, 2.24) is 15.2 Å². The molecule has 1 unspecified atom stereocenters. The fraction of sp³-hybridized carbons (Fsp3) is 0.400. The van der Waals surface area contributed by atoms with Gasteiger partial charge < -0.3 is 9.47 Å². The largest absolute Gasteiger partial charge is 0.439 e. The van der Waals surface area contributed by atoms with Crippen molar-refractivity contribution in [2.24, 2.45) is 0 Å². The van der Waals surface area contributed by atoms with E-state index in [2.05, 4.69) is 19.9 Å². The Morgan fingerprint density at radius 2 is 2.17 bits per heavy atom. The Hall–Kier alpha value is -2.22. The van der Waals surface area contributed by atoms with E-state index >= 15 is 0 Å². The Morgan fingerprint density at radius 3 is 2.67 bits per heavy atom. The number of hydrogen-bond donors (Lipinski definition) is 1. The zero-order valence-electron chi connectivity index (χ0n) is 10.3. The van der Waals surface area contributed by atoms with Gasteiger partial charge in [0.2, 0.25) is 12.2 Å². The molecule has 0 saturated carbocycles. The van der Waals surface area contributed by atoms with Gasteiger partial charge in [-0.05, 0) is 12.5 Å². The summed E-state index contributed by atoms with van der Waals surface area (Å²) in [5, 5.41) is 6.16. The van der Waals surface area contributed by atoms with Gasteiger partial charge in [-0.3, -0.25) is 9.59 Å². The van der Waals surface area contributed by atoms with Crippen LogP contribution in [-0.4, -0.2) is 48.0 Å². The average Bonchev–Trinajstić information content (AvgIpc) is 2.90. The van der Waals surface area contributed by atoms with Crippen molar-refractivity contribution in [3.8, 4) is 0 Å². The Balaban J connectivity index is 0.000000492. The maximum atomic E-state index is 11.5. The van der Waals surface area contributed by atoms with Gasteiger partial charge in [0.25, 0.3) is 12.4 Å². The number of nitrogens with one attached hydrogen (secondary N) is 1. The van der Waals surface area contributed by atoms with Gasteiger partial charge in [-0.1, -0.05) is 0 Å². The first-order chi connectivity index (χ1) is 8.65. The predicted octanol–water partition coefficient (Wildman–Crippen LogP) is -0.141. The first-order valence-electron chi connectivity index (χ1n) is 5.01. The smallest absolute Gasteiger partial charge is 0.295 e. The lowest BCUT2D eigenvalue weighted by atomic mass is 10.3. The van der Waals surface area contributed by atoms with Crippen molar-refractivity contribution in [3.63, 3.8) is 0 Å². The van der Waals surface area contributed by atoms with Crippen LogP contribution in [-0.2, 0) is 19.1 Å². The third kappa shape index (κ3) is 2.92. The molecular formula is C10H14N4O4. The van der Waals surface area contributed by atoms with E-state index in [9.17, 15) is 9.59 Å². The summed E-state index contributed by atoms with van der Waals surface area (Å²) in [5.41, 5.74) is 0.642. The molecular weight excluding hydrogens is 240 g/mol. The number of amides is 1. The number of rotatable bonds is 3. The molecule has 1 aromatic rings. The summed E-state index contributed by atoms with van der Waals surface area (Å²) in [5.74, 6) is -0.0453. The second kappa shape index (κ2) is 6.50. The van der Waals surface area contributed by atoms with Crippen LogP contribution in [0.4, 0.5) is 5.95 Å². The number of nitrogens with zero attached hydrogens (tertiary/aromatic N) is 3. The standard InChI is InChI=1S/C8H8N4O3.C2H6O/c1-5-2-6(14)12(7(5)15-4-13)8-9-3-10-11-8;1-3-2/h2-4,7H,1H3,(H,9,10,11);1-2H3. The highest BCUT2D eigenvalue weighted by atomic mass is 16.5. The molecule has 1 aliphatic heterocycles. The summed E-state index contributed by atoms with van der Waals surface area (Å²) in [6.45, 7) is 1.99. The molecule has 2 heterocycles. The highest BCUT2D eigenvalue weighted by molar-refractivity contribution is 6.04. The number of aromatic amines is 1. The van der Waals surface area contributed by atoms with Crippen LogP contribution in [0.2, 0.25) is 0 Å². The second-order valence-corrected chi connectivity index (χ2v) is 3.40. The van der Waals surface area contributed by atoms with Crippen LogP contribution in [0.15, 0.2) is 18.0 Å². The summed E-state index contributed by atoms with van der Waals surface area (Å²) < 4.78 is 9.04. The number of ether oxygens (including phenoxy) is 2. The predicted molar refractivity (Wildman–Crippen MR) is 61.5 cm³/mol. The summed E-state index contributed by atoms with van der Waals surface area (Å²) in [6, 6.07) is 0. The lowest BCUT2D eigenvalue weighted by Gasteiger charge is -2.21. The SMILES string of the molecule is CC1=CC(=O)N(c2ncn[nH]2)C1OC=O.COC. The van der Waals surface area contributed by atoms with E-state index < -0.39 is 6.23 Å². The quantitative estimate of drug-likeness (QED) is 0.754. The maximum absolute atomic E-state index is 11.5. The molecule has 0 bridgehead atoms. The van der Waals surface area contributed by atoms with Gasteiger partial charge in [0.1, 0.15) is 6.33 Å². The van der Waals surface area contributed by atoms with E-state index in [0.29, 0.717) is 12.0 Å². The minimum Gasteiger partial charge on any atom is -0.439 e. The van der Waals surface area contributed by atoms with E-state index in [0.717, 1.165) is 0 Å². The Bertz CT molecular complexity index is 429. The number of anilines is 1. The zero-order valence-corrected chi connectivity index (χ0v) is 10.3. The van der Waals surface area contributed by atoms with Crippen LogP contribution in [0.3, 0.4) is 0 Å². The number of carbonyl (C=O) groups is 2. The summed E-state index contributed by atoms with van der Waals surface area (Å²) in [7, 11) is 3.25. The van der Waals surface area contributed by atoms with Gasteiger partial charge in [-0.2, -0.15) is 10.1 Å². The van der Waals surface area contributed by atoms with E-state index in [1.807, 2.05) is 0 Å². The third-order valence-corrected chi connectivity index (χ3v) is 2.03. The molecule has 1 aromatic heterocycles. The fourth-order valence-corrected chi connectivity index (χ4v) is 1.41. The van der Waals surface area contributed by atoms with Crippen molar-refractivity contribution in [2.45, 2.75) is 13.2 Å². The monoisotopic (exact) mass is 254 g/mol. The molecule has 0 spiro atoms. The molecule has 0 aliphatic carbocycles. The maximum Gasteiger partial charge on any atom is 0.295 e. The van der Waals surface area contributed by atoms with Gasteiger partial charge in [0.05, 0.1) is 0 Å². The van der Waals surface area contributed by atoms with E-state index in [1.54, 1.807) is 21.1 Å². The minimum absolute atomic E-state index is 0.250. The van der Waals surface area contributed by atoms with E-state index in [1.165, 1.54) is 17.3 Å². The van der Waals surface area contributed by atoms with Crippen molar-refractivity contribution in [3.05, 3.63) is 18.0 Å². The molecule has 1 amide bonds. The third-order valence-electron chi connectivity index (χ3n) is 2.03. The van der Waals surface area contributed by atoms with Gasteiger partial charge in [-0.15, -0.1) is 0 Å². The summed E-state index contributed by atoms with van der Waals surface area (Å²) >= 11 is 0. The molecule has 1 atom stereocenters. The first-order valence-corrected chi connectivity index (χ1v) is 5.01. The van der Waals surface area contributed by atoms with Gasteiger partial charge >= 0.3 is 0 Å². The van der Waals surface area contributed by atoms with Crippen molar-refractivity contribution in [2.75, 3.05) is 19.1 Å². The van der Waals surface area contributed by atoms with E-state index in [-0.39, 0.29) is 11.9 Å². The lowest BCUT2D eigenvalue weighted by Crippen LogP contribution is -2.37. The van der Waals surface area contributed by atoms with Crippen molar-refractivity contribution >= 4 is 18.3 Å². The van der Waals surface area contributed by atoms with Gasteiger partial charge in [0.15, 0.2) is 0 Å². The number of carbonyl (C=O) groups excluding carboxylic acids is 2. The van der Waals surface area contributed by atoms with Crippen molar-refractivity contribution < 1.29 is 19.1 Å². The van der Waals surface area contributed by atoms with Crippen LogP contribution < -0.4 is 4.90 Å². The van der Waals surface area contributed by atoms with Crippen LogP contribution in [0.25, 0.3) is 0 Å². The Kier molecular flexibility index (Phi) is 5.00. The van der Waals surface area contributed by atoms with Crippen LogP contribution in [0, 0.1) is 0 Å². The molecule has 1 aliphatic rings. The number of aromatic nitrogens is 3. The molecule has 0 radical (unpaired) electrons. The molecule has 18 heavy (non-hydrogen) atoms. The Labute approximate surface area is 104 Å². The van der Waals surface area contributed by atoms with E-state index in [4.69, 9.17) is 4.74 Å². The molecule has 0 saturated heterocycles. The number of hydrogen-bond acceptors (Lipinski definition) is 6. The summed E-state index contributed by atoms with van der Waals surface area (Å²) in [6.07, 6.45) is 1.92.